The highest BCUT2D eigenvalue weighted by atomic mass is 35.5. The van der Waals surface area contributed by atoms with Gasteiger partial charge in [0.2, 0.25) is 11.8 Å². The zero-order valence-electron chi connectivity index (χ0n) is 23.3. The van der Waals surface area contributed by atoms with Crippen LogP contribution in [0.4, 0.5) is 5.69 Å². The fourth-order valence-electron chi connectivity index (χ4n) is 4.02. The Morgan fingerprint density at radius 2 is 1.66 bits per heavy atom. The number of carbonyl (C=O) groups is 2. The average molecular weight is 639 g/mol. The van der Waals surface area contributed by atoms with Crippen LogP contribution in [0, 0.1) is 0 Å². The van der Waals surface area contributed by atoms with Crippen molar-refractivity contribution in [2.24, 2.45) is 0 Å². The number of thioether (sulfide) groups is 1. The van der Waals surface area contributed by atoms with Crippen LogP contribution in [0.3, 0.4) is 0 Å². The van der Waals surface area contributed by atoms with Gasteiger partial charge in [-0.1, -0.05) is 29.3 Å². The minimum absolute atomic E-state index is 0.0288. The molecule has 0 aliphatic rings. The lowest BCUT2D eigenvalue weighted by molar-refractivity contribution is -0.139. The van der Waals surface area contributed by atoms with Crippen LogP contribution >= 0.6 is 35.0 Å². The summed E-state index contributed by atoms with van der Waals surface area (Å²) in [4.78, 5) is 29.0. The maximum absolute atomic E-state index is 14.0. The fraction of sp³-hybridized carbons (Fsp3) is 0.310. The molecule has 41 heavy (non-hydrogen) atoms. The van der Waals surface area contributed by atoms with E-state index in [0.29, 0.717) is 34.5 Å². The van der Waals surface area contributed by atoms with E-state index in [1.165, 1.54) is 28.8 Å². The molecule has 3 aromatic rings. The highest BCUT2D eigenvalue weighted by molar-refractivity contribution is 7.98. The predicted octanol–water partition coefficient (Wildman–Crippen LogP) is 5.86. The first-order valence-electron chi connectivity index (χ1n) is 12.9. The fourth-order valence-corrected chi connectivity index (χ4v) is 6.31. The van der Waals surface area contributed by atoms with E-state index in [0.717, 1.165) is 9.20 Å². The van der Waals surface area contributed by atoms with Crippen LogP contribution in [-0.4, -0.2) is 57.1 Å². The number of ether oxygens (including phenoxy) is 1. The van der Waals surface area contributed by atoms with Gasteiger partial charge in [-0.25, -0.2) is 8.42 Å². The molecular weight excluding hydrogens is 605 g/mol. The second-order valence-corrected chi connectivity index (χ2v) is 12.5. The standard InChI is InChI=1S/C29H33Cl2N3O5S2/c1-5-32-29(36)20(3)33(18-21-7-8-22(30)17-27(21)31)28(35)19-34(23-9-11-24(12-10-23)39-6-2)41(37,38)26-15-13-25(40-4)14-16-26/h7-17,20H,5-6,18-19H2,1-4H3,(H,32,36)/t20-/m0/s1. The van der Waals surface area contributed by atoms with Crippen LogP contribution in [-0.2, 0) is 26.2 Å². The SMILES string of the molecule is CCNC(=O)[C@H](C)N(Cc1ccc(Cl)cc1Cl)C(=O)CN(c1ccc(OCC)cc1)S(=O)(=O)c1ccc(SC)cc1. The summed E-state index contributed by atoms with van der Waals surface area (Å²) in [5, 5.41) is 3.47. The van der Waals surface area contributed by atoms with Gasteiger partial charge in [-0.15, -0.1) is 11.8 Å². The number of halogens is 2. The van der Waals surface area contributed by atoms with E-state index in [-0.39, 0.29) is 23.0 Å². The van der Waals surface area contributed by atoms with Crippen molar-refractivity contribution in [3.8, 4) is 5.75 Å². The van der Waals surface area contributed by atoms with Gasteiger partial charge in [-0.2, -0.15) is 0 Å². The summed E-state index contributed by atoms with van der Waals surface area (Å²) < 4.78 is 34.5. The Kier molecular flexibility index (Phi) is 11.8. The molecule has 0 aromatic heterocycles. The van der Waals surface area contributed by atoms with Crippen LogP contribution in [0.25, 0.3) is 0 Å². The number of likely N-dealkylation sites (N-methyl/N-ethyl adjacent to an activating group) is 1. The molecule has 0 aliphatic carbocycles. The minimum Gasteiger partial charge on any atom is -0.494 e. The number of nitrogens with zero attached hydrogens (tertiary/aromatic N) is 2. The molecule has 1 atom stereocenters. The van der Waals surface area contributed by atoms with Crippen molar-refractivity contribution in [3.05, 3.63) is 82.3 Å². The number of hydrogen-bond acceptors (Lipinski definition) is 6. The summed E-state index contributed by atoms with van der Waals surface area (Å²) >= 11 is 13.9. The van der Waals surface area contributed by atoms with Gasteiger partial charge in [-0.3, -0.25) is 13.9 Å². The summed E-state index contributed by atoms with van der Waals surface area (Å²) in [5.74, 6) is -0.407. The molecule has 0 fully saturated rings. The molecule has 0 aliphatic heterocycles. The molecule has 0 bridgehead atoms. The first-order valence-corrected chi connectivity index (χ1v) is 16.3. The second-order valence-electron chi connectivity index (χ2n) is 8.94. The van der Waals surface area contributed by atoms with Crippen molar-refractivity contribution < 1.29 is 22.7 Å². The first-order chi connectivity index (χ1) is 19.5. The van der Waals surface area contributed by atoms with E-state index in [4.69, 9.17) is 27.9 Å². The number of hydrogen-bond donors (Lipinski definition) is 1. The van der Waals surface area contributed by atoms with Gasteiger partial charge in [0.25, 0.3) is 10.0 Å². The van der Waals surface area contributed by atoms with Crippen LogP contribution in [0.2, 0.25) is 10.0 Å². The largest absolute Gasteiger partial charge is 0.494 e. The maximum Gasteiger partial charge on any atom is 0.264 e. The van der Waals surface area contributed by atoms with Crippen LogP contribution in [0.15, 0.2) is 76.5 Å². The Morgan fingerprint density at radius 1 is 1.00 bits per heavy atom. The number of rotatable bonds is 13. The molecule has 0 heterocycles. The number of benzene rings is 3. The second kappa shape index (κ2) is 14.8. The van der Waals surface area contributed by atoms with Crippen LogP contribution < -0.4 is 14.4 Å². The molecule has 3 rings (SSSR count). The van der Waals surface area contributed by atoms with Crippen molar-refractivity contribution in [1.29, 1.82) is 0 Å². The molecule has 12 heteroatoms. The molecule has 220 valence electrons. The van der Waals surface area contributed by atoms with E-state index >= 15 is 0 Å². The summed E-state index contributed by atoms with van der Waals surface area (Å²) in [7, 11) is -4.18. The zero-order valence-corrected chi connectivity index (χ0v) is 26.4. The van der Waals surface area contributed by atoms with Gasteiger partial charge in [0.15, 0.2) is 0 Å². The van der Waals surface area contributed by atoms with Gasteiger partial charge in [0, 0.05) is 28.0 Å². The summed E-state index contributed by atoms with van der Waals surface area (Å²) in [6.07, 6.45) is 1.89. The van der Waals surface area contributed by atoms with E-state index in [2.05, 4.69) is 5.32 Å². The van der Waals surface area contributed by atoms with Crippen molar-refractivity contribution >= 4 is 62.5 Å². The highest BCUT2D eigenvalue weighted by Crippen LogP contribution is 2.28. The average Bonchev–Trinajstić information content (AvgIpc) is 2.96. The third-order valence-corrected chi connectivity index (χ3v) is 9.35. The van der Waals surface area contributed by atoms with Gasteiger partial charge in [0.05, 0.1) is 17.2 Å². The highest BCUT2D eigenvalue weighted by Gasteiger charge is 2.32. The third-order valence-electron chi connectivity index (χ3n) is 6.24. The molecule has 0 saturated heterocycles. The number of anilines is 1. The normalized spacial score (nSPS) is 12.0. The van der Waals surface area contributed by atoms with Gasteiger partial charge < -0.3 is 15.0 Å². The van der Waals surface area contributed by atoms with Crippen molar-refractivity contribution in [2.75, 3.05) is 30.3 Å². The van der Waals surface area contributed by atoms with Crippen molar-refractivity contribution in [2.45, 2.75) is 43.1 Å². The molecular formula is C29H33Cl2N3O5S2. The third kappa shape index (κ3) is 8.31. The zero-order chi connectivity index (χ0) is 30.2. The number of carbonyl (C=O) groups excluding carboxylic acids is 2. The lowest BCUT2D eigenvalue weighted by Crippen LogP contribution is -2.51. The van der Waals surface area contributed by atoms with Gasteiger partial charge in [0.1, 0.15) is 18.3 Å². The summed E-state index contributed by atoms with van der Waals surface area (Å²) in [6.45, 7) is 5.42. The number of amides is 2. The van der Waals surface area contributed by atoms with Crippen LogP contribution in [0.1, 0.15) is 26.3 Å². The Balaban J connectivity index is 2.05. The maximum atomic E-state index is 14.0. The molecule has 0 spiro atoms. The minimum atomic E-state index is -4.18. The molecule has 0 radical (unpaired) electrons. The topological polar surface area (TPSA) is 96.0 Å². The van der Waals surface area contributed by atoms with Crippen LogP contribution in [0.5, 0.6) is 5.75 Å². The molecule has 2 amide bonds. The first kappa shape index (κ1) is 32.6. The molecule has 3 aromatic carbocycles. The lowest BCUT2D eigenvalue weighted by atomic mass is 10.1. The van der Waals surface area contributed by atoms with E-state index in [1.54, 1.807) is 68.4 Å². The van der Waals surface area contributed by atoms with Crippen molar-refractivity contribution in [1.82, 2.24) is 10.2 Å². The number of nitrogens with one attached hydrogen (secondary N) is 1. The lowest BCUT2D eigenvalue weighted by Gasteiger charge is -2.32. The molecule has 0 saturated carbocycles. The smallest absolute Gasteiger partial charge is 0.264 e. The molecule has 1 N–H and O–H groups in total. The van der Waals surface area contributed by atoms with Gasteiger partial charge in [-0.05, 0) is 93.3 Å². The summed E-state index contributed by atoms with van der Waals surface area (Å²) in [5.41, 5.74) is 0.828. The Hall–Kier alpha value is -2.92. The monoisotopic (exact) mass is 637 g/mol. The Labute approximate surface area is 256 Å². The van der Waals surface area contributed by atoms with Crippen molar-refractivity contribution in [3.63, 3.8) is 0 Å². The Bertz CT molecular complexity index is 1450. The van der Waals surface area contributed by atoms with E-state index < -0.39 is 28.5 Å². The van der Waals surface area contributed by atoms with E-state index in [1.807, 2.05) is 13.2 Å². The predicted molar refractivity (Wildman–Crippen MR) is 166 cm³/mol. The summed E-state index contributed by atoms with van der Waals surface area (Å²) in [6, 6.07) is 16.8. The Morgan fingerprint density at radius 3 is 2.22 bits per heavy atom. The van der Waals surface area contributed by atoms with E-state index in [9.17, 15) is 18.0 Å². The molecule has 8 nitrogen and oxygen atoms in total. The molecule has 0 unspecified atom stereocenters. The quantitative estimate of drug-likeness (QED) is 0.236. The van der Waals surface area contributed by atoms with Gasteiger partial charge >= 0.3 is 0 Å². The number of sulfonamides is 1.